The van der Waals surface area contributed by atoms with Crippen LogP contribution in [0.15, 0.2) is 36.5 Å². The summed E-state index contributed by atoms with van der Waals surface area (Å²) in [4.78, 5) is 26.2. The smallest absolute Gasteiger partial charge is 0.324 e. The normalized spacial score (nSPS) is 14.3. The van der Waals surface area contributed by atoms with Crippen LogP contribution in [0.4, 0.5) is 16.3 Å². The summed E-state index contributed by atoms with van der Waals surface area (Å²) in [6.07, 6.45) is 3.66. The number of nitrogens with one attached hydrogen (secondary N) is 2. The molecular weight excluding hydrogens is 380 g/mol. The van der Waals surface area contributed by atoms with Gasteiger partial charge in [-0.2, -0.15) is 5.10 Å². The summed E-state index contributed by atoms with van der Waals surface area (Å²) >= 11 is 0. The number of aromatic nitrogens is 2. The summed E-state index contributed by atoms with van der Waals surface area (Å²) in [5, 5.41) is 10.1. The van der Waals surface area contributed by atoms with Crippen molar-refractivity contribution >= 4 is 35.9 Å². The van der Waals surface area contributed by atoms with E-state index in [0.717, 1.165) is 24.1 Å². The Morgan fingerprint density at radius 2 is 1.89 bits per heavy atom. The first-order chi connectivity index (χ1) is 13.1. The quantitative estimate of drug-likeness (QED) is 0.709. The van der Waals surface area contributed by atoms with Crippen molar-refractivity contribution in [3.63, 3.8) is 0 Å². The van der Waals surface area contributed by atoms with Crippen molar-refractivity contribution in [1.82, 2.24) is 14.7 Å². The number of hydrogen-bond donors (Lipinski definition) is 3. The molecule has 1 aromatic heterocycles. The first-order valence-electron chi connectivity index (χ1n) is 9.23. The van der Waals surface area contributed by atoms with Gasteiger partial charge in [0, 0.05) is 37.8 Å². The standard InChI is InChI=1S/C19H26N6O2.ClH/c1-14-4-2-3-5-16(14)22-19(27)23-17-7-11-21-25(17)15-8-12-24(13-9-15)18(26)6-10-20;/h2-5,7,11,15H,6,8-10,12-13,20H2,1H3,(H2,22,23,27);1H. The minimum atomic E-state index is -0.304. The number of nitrogens with zero attached hydrogens (tertiary/aromatic N) is 3. The first-order valence-corrected chi connectivity index (χ1v) is 9.23. The van der Waals surface area contributed by atoms with Crippen molar-refractivity contribution in [2.75, 3.05) is 30.3 Å². The lowest BCUT2D eigenvalue weighted by Gasteiger charge is -2.32. The maximum atomic E-state index is 12.4. The van der Waals surface area contributed by atoms with Gasteiger partial charge in [-0.1, -0.05) is 18.2 Å². The average Bonchev–Trinajstić information content (AvgIpc) is 3.12. The Morgan fingerprint density at radius 3 is 2.57 bits per heavy atom. The predicted octanol–water partition coefficient (Wildman–Crippen LogP) is 2.77. The zero-order valence-corrected chi connectivity index (χ0v) is 16.7. The highest BCUT2D eigenvalue weighted by molar-refractivity contribution is 5.99. The highest BCUT2D eigenvalue weighted by Crippen LogP contribution is 2.26. The van der Waals surface area contributed by atoms with Gasteiger partial charge >= 0.3 is 6.03 Å². The molecule has 9 heteroatoms. The fraction of sp³-hybridized carbons (Fsp3) is 0.421. The first kappa shape index (κ1) is 21.7. The molecule has 2 heterocycles. The van der Waals surface area contributed by atoms with Crippen molar-refractivity contribution < 1.29 is 9.59 Å². The Hall–Kier alpha value is -2.58. The lowest BCUT2D eigenvalue weighted by molar-refractivity contribution is -0.132. The van der Waals surface area contributed by atoms with E-state index in [1.54, 1.807) is 12.3 Å². The number of aryl methyl sites for hydroxylation is 1. The monoisotopic (exact) mass is 406 g/mol. The van der Waals surface area contributed by atoms with Crippen molar-refractivity contribution in [3.8, 4) is 0 Å². The van der Waals surface area contributed by atoms with Gasteiger partial charge in [0.25, 0.3) is 0 Å². The van der Waals surface area contributed by atoms with Gasteiger partial charge in [-0.3, -0.25) is 10.1 Å². The molecule has 0 bridgehead atoms. The lowest BCUT2D eigenvalue weighted by Crippen LogP contribution is -2.40. The number of rotatable bonds is 5. The van der Waals surface area contributed by atoms with Gasteiger partial charge in [0.1, 0.15) is 5.82 Å². The molecule has 1 saturated heterocycles. The van der Waals surface area contributed by atoms with Crippen LogP contribution in [0.1, 0.15) is 30.9 Å². The molecule has 0 aliphatic carbocycles. The maximum absolute atomic E-state index is 12.4. The number of likely N-dealkylation sites (tertiary alicyclic amines) is 1. The van der Waals surface area contributed by atoms with E-state index in [4.69, 9.17) is 5.73 Å². The Bertz CT molecular complexity index is 801. The van der Waals surface area contributed by atoms with Gasteiger partial charge < -0.3 is 16.0 Å². The Labute approximate surface area is 170 Å². The molecule has 0 saturated carbocycles. The summed E-state index contributed by atoms with van der Waals surface area (Å²) in [6.45, 7) is 3.68. The molecule has 1 aromatic carbocycles. The van der Waals surface area contributed by atoms with Crippen LogP contribution in [0, 0.1) is 6.92 Å². The molecule has 1 aliphatic rings. The zero-order chi connectivity index (χ0) is 19.2. The molecule has 0 unspecified atom stereocenters. The zero-order valence-electron chi connectivity index (χ0n) is 15.9. The summed E-state index contributed by atoms with van der Waals surface area (Å²) in [7, 11) is 0. The van der Waals surface area contributed by atoms with Crippen LogP contribution in [0.5, 0.6) is 0 Å². The molecule has 2 aromatic rings. The second-order valence-corrected chi connectivity index (χ2v) is 6.71. The second kappa shape index (κ2) is 10.1. The summed E-state index contributed by atoms with van der Waals surface area (Å²) < 4.78 is 1.84. The van der Waals surface area contributed by atoms with E-state index >= 15 is 0 Å². The Morgan fingerprint density at radius 1 is 1.18 bits per heavy atom. The number of carbonyl (C=O) groups is 2. The van der Waals surface area contributed by atoms with Crippen molar-refractivity contribution in [2.45, 2.75) is 32.2 Å². The molecule has 0 spiro atoms. The van der Waals surface area contributed by atoms with Crippen LogP contribution < -0.4 is 16.4 Å². The Balaban J connectivity index is 0.00000280. The Kier molecular flexibility index (Phi) is 7.83. The summed E-state index contributed by atoms with van der Waals surface area (Å²) in [5.74, 6) is 0.750. The number of piperidine rings is 1. The highest BCUT2D eigenvalue weighted by atomic mass is 35.5. The number of amides is 3. The summed E-state index contributed by atoms with van der Waals surface area (Å²) in [5.41, 5.74) is 7.23. The molecule has 1 fully saturated rings. The summed E-state index contributed by atoms with van der Waals surface area (Å²) in [6, 6.07) is 9.24. The molecular formula is C19H27ClN6O2. The molecule has 3 amide bonds. The largest absolute Gasteiger partial charge is 0.343 e. The van der Waals surface area contributed by atoms with E-state index in [2.05, 4.69) is 15.7 Å². The number of nitrogens with two attached hydrogens (primary N) is 1. The van der Waals surface area contributed by atoms with Gasteiger partial charge in [0.2, 0.25) is 5.91 Å². The van der Waals surface area contributed by atoms with Gasteiger partial charge in [0.15, 0.2) is 0 Å². The SMILES string of the molecule is Cc1ccccc1NC(=O)Nc1ccnn1C1CCN(C(=O)CCN)CC1.Cl. The molecule has 3 rings (SSSR count). The minimum absolute atomic E-state index is 0. The fourth-order valence-electron chi connectivity index (χ4n) is 3.33. The maximum Gasteiger partial charge on any atom is 0.324 e. The highest BCUT2D eigenvalue weighted by Gasteiger charge is 2.25. The van der Waals surface area contributed by atoms with Crippen LogP contribution in [0.25, 0.3) is 0 Å². The lowest BCUT2D eigenvalue weighted by atomic mass is 10.0. The molecule has 152 valence electrons. The van der Waals surface area contributed by atoms with E-state index in [1.807, 2.05) is 40.8 Å². The molecule has 28 heavy (non-hydrogen) atoms. The minimum Gasteiger partial charge on any atom is -0.343 e. The fourth-order valence-corrected chi connectivity index (χ4v) is 3.33. The van der Waals surface area contributed by atoms with E-state index < -0.39 is 0 Å². The third kappa shape index (κ3) is 5.24. The van der Waals surface area contributed by atoms with Crippen LogP contribution in [0.3, 0.4) is 0 Å². The van der Waals surface area contributed by atoms with Crippen LogP contribution in [0.2, 0.25) is 0 Å². The number of halogens is 1. The van der Waals surface area contributed by atoms with E-state index in [0.29, 0.717) is 31.9 Å². The number of anilines is 2. The third-order valence-corrected chi connectivity index (χ3v) is 4.83. The molecule has 0 radical (unpaired) electrons. The van der Waals surface area contributed by atoms with Crippen molar-refractivity contribution in [2.24, 2.45) is 5.73 Å². The van der Waals surface area contributed by atoms with Crippen LogP contribution in [-0.4, -0.2) is 46.3 Å². The molecule has 4 N–H and O–H groups in total. The average molecular weight is 407 g/mol. The van der Waals surface area contributed by atoms with Crippen molar-refractivity contribution in [1.29, 1.82) is 0 Å². The number of carbonyl (C=O) groups excluding carboxylic acids is 2. The van der Waals surface area contributed by atoms with Gasteiger partial charge in [-0.05, 0) is 31.4 Å². The number of hydrogen-bond acceptors (Lipinski definition) is 4. The molecule has 0 atom stereocenters. The van der Waals surface area contributed by atoms with Crippen molar-refractivity contribution in [3.05, 3.63) is 42.1 Å². The number of para-hydroxylation sites is 1. The van der Waals surface area contributed by atoms with Gasteiger partial charge in [0.05, 0.1) is 12.2 Å². The number of benzene rings is 1. The van der Waals surface area contributed by atoms with Crippen LogP contribution in [-0.2, 0) is 4.79 Å². The van der Waals surface area contributed by atoms with E-state index in [9.17, 15) is 9.59 Å². The van der Waals surface area contributed by atoms with Gasteiger partial charge in [-0.25, -0.2) is 9.48 Å². The van der Waals surface area contributed by atoms with E-state index in [1.165, 1.54) is 0 Å². The van der Waals surface area contributed by atoms with Gasteiger partial charge in [-0.15, -0.1) is 12.4 Å². The third-order valence-electron chi connectivity index (χ3n) is 4.83. The number of urea groups is 1. The van der Waals surface area contributed by atoms with E-state index in [-0.39, 0.29) is 30.4 Å². The topological polar surface area (TPSA) is 105 Å². The molecule has 8 nitrogen and oxygen atoms in total. The predicted molar refractivity (Wildman–Crippen MR) is 112 cm³/mol. The second-order valence-electron chi connectivity index (χ2n) is 6.71. The molecule has 1 aliphatic heterocycles. The van der Waals surface area contributed by atoms with Crippen LogP contribution >= 0.6 is 12.4 Å².